The summed E-state index contributed by atoms with van der Waals surface area (Å²) in [7, 11) is 0. The number of aromatic nitrogens is 2. The maximum absolute atomic E-state index is 5.66. The van der Waals surface area contributed by atoms with Crippen LogP contribution in [0.25, 0.3) is 11.3 Å². The van der Waals surface area contributed by atoms with Crippen LogP contribution in [0.15, 0.2) is 30.7 Å². The third-order valence-electron chi connectivity index (χ3n) is 3.12. The molecule has 0 atom stereocenters. The first-order valence-corrected chi connectivity index (χ1v) is 5.05. The lowest BCUT2D eigenvalue weighted by Crippen LogP contribution is -2.41. The van der Waals surface area contributed by atoms with Crippen molar-refractivity contribution in [2.75, 3.05) is 0 Å². The number of hydrogen-bond donors (Lipinski definition) is 0. The zero-order valence-electron chi connectivity index (χ0n) is 8.10. The van der Waals surface area contributed by atoms with Crippen molar-refractivity contribution in [1.82, 2.24) is 4.98 Å². The molecule has 0 spiro atoms. The fourth-order valence-electron chi connectivity index (χ4n) is 2.49. The summed E-state index contributed by atoms with van der Waals surface area (Å²) in [6.45, 7) is 0.599. The van der Waals surface area contributed by atoms with Gasteiger partial charge >= 0.3 is 0 Å². The first-order chi connectivity index (χ1) is 7.43. The molecule has 0 amide bonds. The average Bonchev–Trinajstić information content (AvgIpc) is 2.66. The quantitative estimate of drug-likeness (QED) is 0.507. The van der Waals surface area contributed by atoms with Crippen LogP contribution in [0.5, 0.6) is 5.75 Å². The van der Waals surface area contributed by atoms with E-state index in [9.17, 15) is 0 Å². The van der Waals surface area contributed by atoms with Crippen LogP contribution in [0.1, 0.15) is 11.1 Å². The zero-order chi connectivity index (χ0) is 9.83. The summed E-state index contributed by atoms with van der Waals surface area (Å²) in [4.78, 5) is 4.21. The topological polar surface area (TPSA) is 26.0 Å². The minimum absolute atomic E-state index is 0.599. The highest BCUT2D eigenvalue weighted by molar-refractivity contribution is 5.76. The maximum Gasteiger partial charge on any atom is 0.292 e. The molecule has 0 unspecified atom stereocenters. The van der Waals surface area contributed by atoms with Crippen molar-refractivity contribution in [3.8, 4) is 17.0 Å². The second-order valence-electron chi connectivity index (χ2n) is 3.97. The SMILES string of the molecule is c1cc2c3[n+](c1)COc1cncc(c1-3)C2. The molecule has 0 bridgehead atoms. The van der Waals surface area contributed by atoms with E-state index in [2.05, 4.69) is 27.9 Å². The molecule has 3 heterocycles. The van der Waals surface area contributed by atoms with E-state index in [-0.39, 0.29) is 0 Å². The van der Waals surface area contributed by atoms with E-state index in [0.717, 1.165) is 12.2 Å². The summed E-state index contributed by atoms with van der Waals surface area (Å²) in [5, 5.41) is 0. The van der Waals surface area contributed by atoms with Gasteiger partial charge in [0.05, 0.1) is 11.8 Å². The maximum atomic E-state index is 5.66. The number of ether oxygens (including phenoxy) is 1. The minimum atomic E-state index is 0.599. The molecule has 3 heteroatoms. The van der Waals surface area contributed by atoms with Gasteiger partial charge in [0.25, 0.3) is 6.73 Å². The average molecular weight is 197 g/mol. The Morgan fingerprint density at radius 3 is 3.27 bits per heavy atom. The van der Waals surface area contributed by atoms with E-state index < -0.39 is 0 Å². The number of hydrogen-bond acceptors (Lipinski definition) is 2. The molecule has 4 rings (SSSR count). The van der Waals surface area contributed by atoms with Gasteiger partial charge < -0.3 is 4.74 Å². The van der Waals surface area contributed by atoms with E-state index >= 15 is 0 Å². The lowest BCUT2D eigenvalue weighted by Gasteiger charge is -2.13. The molecular formula is C12H9N2O+. The fraction of sp³-hybridized carbons (Fsp3) is 0.167. The van der Waals surface area contributed by atoms with Crippen LogP contribution in [-0.2, 0) is 13.2 Å². The Kier molecular flexibility index (Phi) is 1.17. The summed E-state index contributed by atoms with van der Waals surface area (Å²) in [6.07, 6.45) is 6.80. The summed E-state index contributed by atoms with van der Waals surface area (Å²) in [5.74, 6) is 0.928. The predicted octanol–water partition coefficient (Wildman–Crippen LogP) is 1.29. The van der Waals surface area contributed by atoms with Crippen molar-refractivity contribution in [3.05, 3.63) is 41.9 Å². The zero-order valence-corrected chi connectivity index (χ0v) is 8.10. The van der Waals surface area contributed by atoms with Gasteiger partial charge in [0.15, 0.2) is 11.9 Å². The molecular weight excluding hydrogens is 188 g/mol. The van der Waals surface area contributed by atoms with Gasteiger partial charge in [-0.1, -0.05) is 0 Å². The molecule has 1 aliphatic carbocycles. The highest BCUT2D eigenvalue weighted by atomic mass is 16.5. The van der Waals surface area contributed by atoms with Crippen LogP contribution in [0, 0.1) is 0 Å². The highest BCUT2D eigenvalue weighted by Crippen LogP contribution is 2.41. The summed E-state index contributed by atoms with van der Waals surface area (Å²) in [6, 6.07) is 4.26. The monoisotopic (exact) mass is 197 g/mol. The molecule has 0 saturated heterocycles. The van der Waals surface area contributed by atoms with Crippen molar-refractivity contribution in [3.63, 3.8) is 0 Å². The molecule has 15 heavy (non-hydrogen) atoms. The van der Waals surface area contributed by atoms with Crippen LogP contribution >= 0.6 is 0 Å². The fourth-order valence-corrected chi connectivity index (χ4v) is 2.49. The van der Waals surface area contributed by atoms with Crippen molar-refractivity contribution in [2.24, 2.45) is 0 Å². The van der Waals surface area contributed by atoms with Crippen LogP contribution in [0.2, 0.25) is 0 Å². The van der Waals surface area contributed by atoms with Gasteiger partial charge in [-0.25, -0.2) is 0 Å². The van der Waals surface area contributed by atoms with Crippen LogP contribution in [-0.4, -0.2) is 4.98 Å². The number of nitrogens with zero attached hydrogens (tertiary/aromatic N) is 2. The second kappa shape index (κ2) is 2.37. The highest BCUT2D eigenvalue weighted by Gasteiger charge is 2.34. The Morgan fingerprint density at radius 1 is 1.27 bits per heavy atom. The summed E-state index contributed by atoms with van der Waals surface area (Å²) < 4.78 is 7.83. The van der Waals surface area contributed by atoms with E-state index in [1.165, 1.54) is 22.4 Å². The summed E-state index contributed by atoms with van der Waals surface area (Å²) >= 11 is 0. The van der Waals surface area contributed by atoms with Gasteiger partial charge in [-0.05, 0) is 11.6 Å². The minimum Gasteiger partial charge on any atom is -0.433 e. The van der Waals surface area contributed by atoms with Gasteiger partial charge in [0.2, 0.25) is 5.69 Å². The smallest absolute Gasteiger partial charge is 0.292 e. The summed E-state index contributed by atoms with van der Waals surface area (Å²) in [5.41, 5.74) is 5.22. The largest absolute Gasteiger partial charge is 0.433 e. The Balaban J connectivity index is 2.18. The molecule has 0 radical (unpaired) electrons. The first kappa shape index (κ1) is 7.40. The molecule has 1 aliphatic heterocycles. The standard InChI is InChI=1S/C12H9N2O/c1-2-8-4-9-5-13-6-10-11(9)12(8)14(3-1)7-15-10/h1-3,5-6H,4,7H2/q+1. The lowest BCUT2D eigenvalue weighted by atomic mass is 10.1. The molecule has 0 aromatic carbocycles. The molecule has 2 aromatic heterocycles. The van der Waals surface area contributed by atoms with Gasteiger partial charge in [-0.2, -0.15) is 4.57 Å². The molecule has 2 aromatic rings. The van der Waals surface area contributed by atoms with Gasteiger partial charge in [-0.3, -0.25) is 4.98 Å². The number of rotatable bonds is 0. The van der Waals surface area contributed by atoms with E-state index in [4.69, 9.17) is 4.74 Å². The Labute approximate surface area is 87.0 Å². The normalized spacial score (nSPS) is 14.7. The molecule has 0 saturated carbocycles. The molecule has 0 fully saturated rings. The van der Waals surface area contributed by atoms with Gasteiger partial charge in [0, 0.05) is 24.2 Å². The van der Waals surface area contributed by atoms with E-state index in [0.29, 0.717) is 6.73 Å². The van der Waals surface area contributed by atoms with E-state index in [1.54, 1.807) is 0 Å². The van der Waals surface area contributed by atoms with Crippen LogP contribution in [0.3, 0.4) is 0 Å². The first-order valence-electron chi connectivity index (χ1n) is 5.05. The van der Waals surface area contributed by atoms with Crippen molar-refractivity contribution in [2.45, 2.75) is 13.2 Å². The van der Waals surface area contributed by atoms with Crippen molar-refractivity contribution >= 4 is 0 Å². The lowest BCUT2D eigenvalue weighted by molar-refractivity contribution is -0.717. The number of pyridine rings is 2. The third-order valence-corrected chi connectivity index (χ3v) is 3.12. The van der Waals surface area contributed by atoms with Crippen LogP contribution in [0.4, 0.5) is 0 Å². The second-order valence-corrected chi connectivity index (χ2v) is 3.97. The molecule has 2 aliphatic rings. The van der Waals surface area contributed by atoms with Gasteiger partial charge in [-0.15, -0.1) is 0 Å². The van der Waals surface area contributed by atoms with Crippen molar-refractivity contribution < 1.29 is 9.30 Å². The molecule has 3 nitrogen and oxygen atoms in total. The molecule has 0 N–H and O–H groups in total. The third kappa shape index (κ3) is 0.807. The van der Waals surface area contributed by atoms with E-state index in [1.807, 2.05) is 12.4 Å². The van der Waals surface area contributed by atoms with Crippen molar-refractivity contribution in [1.29, 1.82) is 0 Å². The van der Waals surface area contributed by atoms with Gasteiger partial charge in [0.1, 0.15) is 0 Å². The Bertz CT molecular complexity index is 526. The van der Waals surface area contributed by atoms with Crippen LogP contribution < -0.4 is 9.30 Å². The Morgan fingerprint density at radius 2 is 2.27 bits per heavy atom. The Hall–Kier alpha value is -1.90. The predicted molar refractivity (Wildman–Crippen MR) is 53.3 cm³/mol. The molecule has 72 valence electrons.